The zero-order chi connectivity index (χ0) is 10.1. The molecule has 0 aromatic rings. The molecular weight excluding hydrogens is 196 g/mol. The molecule has 2 aliphatic rings. The van der Waals surface area contributed by atoms with Gasteiger partial charge in [0.2, 0.25) is 0 Å². The zero-order valence-corrected chi connectivity index (χ0v) is 7.16. The van der Waals surface area contributed by atoms with Gasteiger partial charge in [-0.05, 0) is 0 Å². The molecule has 7 heteroatoms. The highest BCUT2D eigenvalue weighted by Gasteiger charge is 2.45. The summed E-state index contributed by atoms with van der Waals surface area (Å²) in [5, 5.41) is 17.9. The summed E-state index contributed by atoms with van der Waals surface area (Å²) in [6.45, 7) is -1.68. The Kier molecular flexibility index (Phi) is 2.55. The number of carbonyl (C=O) groups excluding carboxylic acids is 1. The molecule has 2 N–H and O–H groups in total. The summed E-state index contributed by atoms with van der Waals surface area (Å²) < 4.78 is 19.0. The van der Waals surface area contributed by atoms with Gasteiger partial charge >= 0.3 is 6.16 Å². The van der Waals surface area contributed by atoms with Gasteiger partial charge in [0, 0.05) is 0 Å². The lowest BCUT2D eigenvalue weighted by Crippen LogP contribution is -2.38. The number of aliphatic hydroxyl groups is 2. The summed E-state index contributed by atoms with van der Waals surface area (Å²) in [5.74, 6) is 0. The van der Waals surface area contributed by atoms with Crippen molar-refractivity contribution in [3.63, 3.8) is 0 Å². The minimum atomic E-state index is -1.39. The topological polar surface area (TPSA) is 94.5 Å². The third kappa shape index (κ3) is 1.67. The van der Waals surface area contributed by atoms with Crippen molar-refractivity contribution < 1.29 is 34.0 Å². The lowest BCUT2D eigenvalue weighted by atomic mass is 10.1. The summed E-state index contributed by atoms with van der Waals surface area (Å²) >= 11 is 0. The van der Waals surface area contributed by atoms with Crippen molar-refractivity contribution in [1.82, 2.24) is 0 Å². The van der Waals surface area contributed by atoms with Crippen LogP contribution < -0.4 is 0 Å². The minimum absolute atomic E-state index is 0.0378. The highest BCUT2D eigenvalue weighted by molar-refractivity contribution is 5.62. The average molecular weight is 206 g/mol. The first-order chi connectivity index (χ1) is 6.70. The van der Waals surface area contributed by atoms with Crippen molar-refractivity contribution in [3.05, 3.63) is 0 Å². The molecule has 4 unspecified atom stereocenters. The van der Waals surface area contributed by atoms with Gasteiger partial charge in [-0.15, -0.1) is 0 Å². The van der Waals surface area contributed by atoms with Gasteiger partial charge in [0.25, 0.3) is 6.48 Å². The largest absolute Gasteiger partial charge is 0.508 e. The number of carbonyl (C=O) groups is 1. The molecule has 0 bridgehead atoms. The van der Waals surface area contributed by atoms with E-state index in [-0.39, 0.29) is 13.2 Å². The van der Waals surface area contributed by atoms with Gasteiger partial charge in [0.05, 0.1) is 6.61 Å². The molecule has 0 radical (unpaired) electrons. The molecule has 2 aliphatic heterocycles. The maximum atomic E-state index is 10.6. The second-order valence-corrected chi connectivity index (χ2v) is 2.98. The number of hydrogen-bond acceptors (Lipinski definition) is 7. The van der Waals surface area contributed by atoms with Gasteiger partial charge in [-0.1, -0.05) is 0 Å². The van der Waals surface area contributed by atoms with E-state index in [0.29, 0.717) is 0 Å². The third-order valence-electron chi connectivity index (χ3n) is 2.09. The molecule has 0 saturated carbocycles. The Morgan fingerprint density at radius 3 is 2.79 bits per heavy atom. The maximum absolute atomic E-state index is 10.6. The van der Waals surface area contributed by atoms with Crippen LogP contribution in [0.1, 0.15) is 0 Å². The molecule has 80 valence electrons. The smallest absolute Gasteiger partial charge is 0.430 e. The molecule has 2 heterocycles. The average Bonchev–Trinajstić information content (AvgIpc) is 2.71. The Balaban J connectivity index is 1.99. The SMILES string of the molecule is O=C1OCC(C2OC(O)OC2CO)O1. The first-order valence-electron chi connectivity index (χ1n) is 4.14. The van der Waals surface area contributed by atoms with Crippen LogP contribution in [0.15, 0.2) is 0 Å². The van der Waals surface area contributed by atoms with Gasteiger partial charge in [0.15, 0.2) is 6.10 Å². The molecule has 2 fully saturated rings. The van der Waals surface area contributed by atoms with Gasteiger partial charge < -0.3 is 29.2 Å². The van der Waals surface area contributed by atoms with E-state index in [2.05, 4.69) is 4.74 Å². The van der Waals surface area contributed by atoms with Crippen LogP contribution in [0.25, 0.3) is 0 Å². The van der Waals surface area contributed by atoms with E-state index in [1.165, 1.54) is 0 Å². The van der Waals surface area contributed by atoms with E-state index < -0.39 is 30.9 Å². The van der Waals surface area contributed by atoms with E-state index in [1.807, 2.05) is 0 Å². The highest BCUT2D eigenvalue weighted by atomic mass is 16.8. The van der Waals surface area contributed by atoms with E-state index >= 15 is 0 Å². The highest BCUT2D eigenvalue weighted by Crippen LogP contribution is 2.24. The fourth-order valence-electron chi connectivity index (χ4n) is 1.46. The lowest BCUT2D eigenvalue weighted by molar-refractivity contribution is -0.215. The molecule has 0 aromatic heterocycles. The van der Waals surface area contributed by atoms with Gasteiger partial charge in [0.1, 0.15) is 18.8 Å². The molecule has 2 saturated heterocycles. The molecule has 14 heavy (non-hydrogen) atoms. The minimum Gasteiger partial charge on any atom is -0.430 e. The molecule has 7 nitrogen and oxygen atoms in total. The monoisotopic (exact) mass is 206 g/mol. The van der Waals surface area contributed by atoms with Crippen molar-refractivity contribution >= 4 is 6.16 Å². The van der Waals surface area contributed by atoms with Crippen LogP contribution in [-0.2, 0) is 18.9 Å². The Hall–Kier alpha value is -0.890. The normalized spacial score (nSPS) is 42.3. The zero-order valence-electron chi connectivity index (χ0n) is 7.16. The van der Waals surface area contributed by atoms with Crippen molar-refractivity contribution in [1.29, 1.82) is 0 Å². The molecule has 0 spiro atoms. The van der Waals surface area contributed by atoms with Crippen molar-refractivity contribution in [2.24, 2.45) is 0 Å². The van der Waals surface area contributed by atoms with Gasteiger partial charge in [-0.3, -0.25) is 0 Å². The predicted molar refractivity (Wildman–Crippen MR) is 39.1 cm³/mol. The van der Waals surface area contributed by atoms with E-state index in [1.54, 1.807) is 0 Å². The van der Waals surface area contributed by atoms with Crippen molar-refractivity contribution in [2.75, 3.05) is 13.2 Å². The Morgan fingerprint density at radius 2 is 2.21 bits per heavy atom. The van der Waals surface area contributed by atoms with E-state index in [0.717, 1.165) is 0 Å². The molecule has 0 aliphatic carbocycles. The van der Waals surface area contributed by atoms with Crippen LogP contribution in [0.4, 0.5) is 4.79 Å². The summed E-state index contributed by atoms with van der Waals surface area (Å²) in [4.78, 5) is 10.6. The van der Waals surface area contributed by atoms with Gasteiger partial charge in [-0.25, -0.2) is 4.79 Å². The molecule has 0 amide bonds. The number of aliphatic hydroxyl groups excluding tert-OH is 2. The summed E-state index contributed by atoms with van der Waals surface area (Å²) in [7, 11) is 0. The summed E-state index contributed by atoms with van der Waals surface area (Å²) in [5.41, 5.74) is 0. The fourth-order valence-corrected chi connectivity index (χ4v) is 1.46. The van der Waals surface area contributed by atoms with Crippen LogP contribution in [0.2, 0.25) is 0 Å². The van der Waals surface area contributed by atoms with Crippen LogP contribution >= 0.6 is 0 Å². The molecule has 0 aromatic carbocycles. The summed E-state index contributed by atoms with van der Waals surface area (Å²) in [6.07, 6.45) is -2.82. The maximum Gasteiger partial charge on any atom is 0.508 e. The number of ether oxygens (including phenoxy) is 4. The quantitative estimate of drug-likeness (QED) is 0.535. The lowest BCUT2D eigenvalue weighted by Gasteiger charge is -2.17. The standard InChI is InChI=1S/C7H10O7/c8-1-3-5(14-7(10)12-3)4-2-11-6(9)13-4/h3-5,7-8,10H,1-2H2. The number of rotatable bonds is 2. The van der Waals surface area contributed by atoms with Crippen molar-refractivity contribution in [2.45, 2.75) is 24.8 Å². The molecule has 2 rings (SSSR count). The summed E-state index contributed by atoms with van der Waals surface area (Å²) in [6, 6.07) is 0. The van der Waals surface area contributed by atoms with Crippen LogP contribution in [0.3, 0.4) is 0 Å². The van der Waals surface area contributed by atoms with Crippen LogP contribution in [0, 0.1) is 0 Å². The number of hydrogen-bond donors (Lipinski definition) is 2. The Bertz CT molecular complexity index is 230. The van der Waals surface area contributed by atoms with Crippen LogP contribution in [0.5, 0.6) is 0 Å². The first kappa shape index (κ1) is 9.66. The van der Waals surface area contributed by atoms with Crippen LogP contribution in [-0.4, -0.2) is 54.4 Å². The van der Waals surface area contributed by atoms with E-state index in [9.17, 15) is 4.79 Å². The fraction of sp³-hybridized carbons (Fsp3) is 0.857. The second-order valence-electron chi connectivity index (χ2n) is 2.98. The third-order valence-corrected chi connectivity index (χ3v) is 2.09. The number of cyclic esters (lactones) is 2. The predicted octanol–water partition coefficient (Wildman–Crippen LogP) is -1.43. The van der Waals surface area contributed by atoms with E-state index in [4.69, 9.17) is 24.4 Å². The first-order valence-corrected chi connectivity index (χ1v) is 4.14. The molecule has 4 atom stereocenters. The Labute approximate surface area is 79.1 Å². The van der Waals surface area contributed by atoms with Crippen molar-refractivity contribution in [3.8, 4) is 0 Å². The second kappa shape index (κ2) is 3.70. The molecular formula is C7H10O7. The van der Waals surface area contributed by atoms with Gasteiger partial charge in [-0.2, -0.15) is 0 Å². The Morgan fingerprint density at radius 1 is 1.43 bits per heavy atom.